The fraction of sp³-hybridized carbons (Fsp3) is 0.500. The molecule has 1 aliphatic carbocycles. The maximum absolute atomic E-state index is 11.8. The minimum atomic E-state index is -0.701. The topological polar surface area (TPSA) is 58.6 Å². The Kier molecular flexibility index (Phi) is 4.32. The van der Waals surface area contributed by atoms with Crippen LogP contribution in [0.4, 0.5) is 0 Å². The summed E-state index contributed by atoms with van der Waals surface area (Å²) in [5, 5.41) is 13.1. The van der Waals surface area contributed by atoms with Gasteiger partial charge in [-0.2, -0.15) is 0 Å². The number of amides is 1. The average Bonchev–Trinajstić information content (AvgIpc) is 3.14. The zero-order valence-electron chi connectivity index (χ0n) is 11.0. The van der Waals surface area contributed by atoms with E-state index < -0.39 is 12.2 Å². The third-order valence-corrected chi connectivity index (χ3v) is 3.25. The summed E-state index contributed by atoms with van der Waals surface area (Å²) in [6.07, 6.45) is 0.781. The van der Waals surface area contributed by atoms with E-state index in [4.69, 9.17) is 16.3 Å². The van der Waals surface area contributed by atoms with E-state index in [0.717, 1.165) is 12.8 Å². The van der Waals surface area contributed by atoms with Crippen molar-refractivity contribution < 1.29 is 14.6 Å². The summed E-state index contributed by atoms with van der Waals surface area (Å²) in [6.45, 7) is 3.32. The number of hydrogen-bond acceptors (Lipinski definition) is 3. The molecule has 0 heterocycles. The number of carbonyl (C=O) groups excluding carboxylic acids is 1. The highest BCUT2D eigenvalue weighted by Gasteiger charge is 2.26. The molecule has 5 heteroatoms. The summed E-state index contributed by atoms with van der Waals surface area (Å²) < 4.78 is 5.62. The zero-order chi connectivity index (χ0) is 14.0. The number of carbonyl (C=O) groups is 1. The average molecular weight is 284 g/mol. The van der Waals surface area contributed by atoms with E-state index in [0.29, 0.717) is 22.4 Å². The van der Waals surface area contributed by atoms with Crippen LogP contribution in [0.15, 0.2) is 18.2 Å². The summed E-state index contributed by atoms with van der Waals surface area (Å²) in [4.78, 5) is 11.8. The van der Waals surface area contributed by atoms with Crippen LogP contribution in [-0.4, -0.2) is 23.2 Å². The van der Waals surface area contributed by atoms with Gasteiger partial charge < -0.3 is 15.2 Å². The van der Waals surface area contributed by atoms with Crippen molar-refractivity contribution in [2.24, 2.45) is 0 Å². The molecule has 2 N–H and O–H groups in total. The first-order valence-corrected chi connectivity index (χ1v) is 6.79. The second-order valence-electron chi connectivity index (χ2n) is 4.90. The fourth-order valence-corrected chi connectivity index (χ4v) is 1.92. The number of benzene rings is 1. The second-order valence-corrected chi connectivity index (χ2v) is 5.34. The quantitative estimate of drug-likeness (QED) is 0.873. The van der Waals surface area contributed by atoms with Crippen LogP contribution in [0.2, 0.25) is 5.02 Å². The molecule has 1 fully saturated rings. The highest BCUT2D eigenvalue weighted by molar-refractivity contribution is 6.30. The van der Waals surface area contributed by atoms with Crippen LogP contribution in [-0.2, 0) is 4.79 Å². The Labute approximate surface area is 117 Å². The molecule has 1 aromatic rings. The molecule has 1 amide bonds. The number of nitrogens with one attached hydrogen (secondary N) is 1. The molecule has 0 radical (unpaired) electrons. The lowest BCUT2D eigenvalue weighted by molar-refractivity contribution is -0.127. The third kappa shape index (κ3) is 3.85. The standard InChI is InChI=1S/C14H18ClNO3/c1-8(17)12-7-10(15)3-6-13(12)19-9(2)14(18)16-11-4-5-11/h3,6-9,11,17H,4-5H2,1-2H3,(H,16,18)/t8-,9?/m1/s1. The lowest BCUT2D eigenvalue weighted by atomic mass is 10.1. The SMILES string of the molecule is CC(Oc1ccc(Cl)cc1[C@@H](C)O)C(=O)NC1CC1. The first-order valence-electron chi connectivity index (χ1n) is 6.42. The van der Waals surface area contributed by atoms with Crippen molar-refractivity contribution in [1.29, 1.82) is 0 Å². The molecule has 0 aromatic heterocycles. The second kappa shape index (κ2) is 5.80. The molecule has 1 saturated carbocycles. The Balaban J connectivity index is 2.06. The molecule has 4 nitrogen and oxygen atoms in total. The van der Waals surface area contributed by atoms with Crippen LogP contribution in [0.3, 0.4) is 0 Å². The first kappa shape index (κ1) is 14.2. The van der Waals surface area contributed by atoms with Gasteiger partial charge in [0.15, 0.2) is 6.10 Å². The van der Waals surface area contributed by atoms with Gasteiger partial charge in [0.2, 0.25) is 0 Å². The summed E-state index contributed by atoms with van der Waals surface area (Å²) >= 11 is 5.89. The lowest BCUT2D eigenvalue weighted by Gasteiger charge is -2.18. The number of halogens is 1. The highest BCUT2D eigenvalue weighted by Crippen LogP contribution is 2.29. The number of ether oxygens (including phenoxy) is 1. The fourth-order valence-electron chi connectivity index (χ4n) is 1.74. The first-order chi connectivity index (χ1) is 8.97. The molecule has 0 spiro atoms. The van der Waals surface area contributed by atoms with E-state index in [1.807, 2.05) is 0 Å². The number of aliphatic hydroxyl groups excluding tert-OH is 1. The van der Waals surface area contributed by atoms with E-state index in [1.54, 1.807) is 32.0 Å². The van der Waals surface area contributed by atoms with Gasteiger partial charge in [-0.3, -0.25) is 4.79 Å². The zero-order valence-corrected chi connectivity index (χ0v) is 11.8. The van der Waals surface area contributed by atoms with Crippen molar-refractivity contribution in [3.63, 3.8) is 0 Å². The van der Waals surface area contributed by atoms with Crippen molar-refractivity contribution in [1.82, 2.24) is 5.32 Å². The maximum atomic E-state index is 11.8. The molecular formula is C14H18ClNO3. The van der Waals surface area contributed by atoms with Gasteiger partial charge in [-0.25, -0.2) is 0 Å². The largest absolute Gasteiger partial charge is 0.481 e. The minimum Gasteiger partial charge on any atom is -0.481 e. The smallest absolute Gasteiger partial charge is 0.260 e. The van der Waals surface area contributed by atoms with E-state index in [2.05, 4.69) is 5.32 Å². The molecule has 0 aliphatic heterocycles. The van der Waals surface area contributed by atoms with E-state index in [1.165, 1.54) is 0 Å². The van der Waals surface area contributed by atoms with Gasteiger partial charge >= 0.3 is 0 Å². The summed E-state index contributed by atoms with van der Waals surface area (Å²) in [7, 11) is 0. The molecule has 1 aliphatic rings. The van der Waals surface area contributed by atoms with Crippen molar-refractivity contribution in [3.8, 4) is 5.75 Å². The molecule has 19 heavy (non-hydrogen) atoms. The summed E-state index contributed by atoms with van der Waals surface area (Å²) in [5.41, 5.74) is 0.582. The van der Waals surface area contributed by atoms with E-state index in [9.17, 15) is 9.90 Å². The Bertz CT molecular complexity index is 472. The van der Waals surface area contributed by atoms with Crippen LogP contribution in [0.5, 0.6) is 5.75 Å². The van der Waals surface area contributed by atoms with Crippen LogP contribution in [0.25, 0.3) is 0 Å². The molecule has 0 bridgehead atoms. The normalized spacial score (nSPS) is 17.7. The molecule has 1 aromatic carbocycles. The van der Waals surface area contributed by atoms with Crippen molar-refractivity contribution in [2.45, 2.75) is 44.9 Å². The van der Waals surface area contributed by atoms with Gasteiger partial charge in [-0.15, -0.1) is 0 Å². The van der Waals surface area contributed by atoms with Gasteiger partial charge in [-0.05, 0) is 44.9 Å². The predicted octanol–water partition coefficient (Wildman–Crippen LogP) is 2.44. The third-order valence-electron chi connectivity index (χ3n) is 3.02. The van der Waals surface area contributed by atoms with Gasteiger partial charge in [-0.1, -0.05) is 11.6 Å². The number of rotatable bonds is 5. The monoisotopic (exact) mass is 283 g/mol. The Morgan fingerprint density at radius 3 is 2.74 bits per heavy atom. The summed E-state index contributed by atoms with van der Waals surface area (Å²) in [5.74, 6) is 0.354. The maximum Gasteiger partial charge on any atom is 0.260 e. The molecule has 104 valence electrons. The minimum absolute atomic E-state index is 0.131. The molecule has 0 saturated heterocycles. The van der Waals surface area contributed by atoms with Gasteiger partial charge in [0.1, 0.15) is 5.75 Å². The van der Waals surface area contributed by atoms with Crippen molar-refractivity contribution >= 4 is 17.5 Å². The Morgan fingerprint density at radius 2 is 2.16 bits per heavy atom. The van der Waals surface area contributed by atoms with Crippen LogP contribution in [0.1, 0.15) is 38.4 Å². The van der Waals surface area contributed by atoms with Gasteiger partial charge in [0.25, 0.3) is 5.91 Å². The van der Waals surface area contributed by atoms with Crippen molar-refractivity contribution in [3.05, 3.63) is 28.8 Å². The van der Waals surface area contributed by atoms with Crippen LogP contribution >= 0.6 is 11.6 Å². The van der Waals surface area contributed by atoms with E-state index in [-0.39, 0.29) is 5.91 Å². The Hall–Kier alpha value is -1.26. The molecular weight excluding hydrogens is 266 g/mol. The number of aliphatic hydroxyl groups is 1. The molecule has 2 rings (SSSR count). The van der Waals surface area contributed by atoms with Crippen molar-refractivity contribution in [2.75, 3.05) is 0 Å². The highest BCUT2D eigenvalue weighted by atomic mass is 35.5. The van der Waals surface area contributed by atoms with Gasteiger partial charge in [0.05, 0.1) is 6.10 Å². The number of hydrogen-bond donors (Lipinski definition) is 2. The van der Waals surface area contributed by atoms with Crippen LogP contribution in [0, 0.1) is 0 Å². The molecule has 1 unspecified atom stereocenters. The van der Waals surface area contributed by atoms with E-state index >= 15 is 0 Å². The summed E-state index contributed by atoms with van der Waals surface area (Å²) in [6, 6.07) is 5.30. The predicted molar refractivity (Wildman–Crippen MR) is 73.3 cm³/mol. The van der Waals surface area contributed by atoms with Gasteiger partial charge in [0, 0.05) is 16.6 Å². The molecule has 2 atom stereocenters. The Morgan fingerprint density at radius 1 is 1.47 bits per heavy atom. The van der Waals surface area contributed by atoms with Crippen LogP contribution < -0.4 is 10.1 Å². The lowest BCUT2D eigenvalue weighted by Crippen LogP contribution is -2.37.